The Balaban J connectivity index is 2.23. The van der Waals surface area contributed by atoms with Gasteiger partial charge in [-0.25, -0.2) is 0 Å². The first kappa shape index (κ1) is 14.4. The third kappa shape index (κ3) is 2.30. The first-order chi connectivity index (χ1) is 10.6. The summed E-state index contributed by atoms with van der Waals surface area (Å²) in [6, 6.07) is 0. The van der Waals surface area contributed by atoms with Gasteiger partial charge in [-0.1, -0.05) is 5.92 Å². The Labute approximate surface area is 128 Å². The maximum absolute atomic E-state index is 12.5. The number of piperidine rings is 1. The number of fused-ring (bicyclic) bond motifs is 1. The van der Waals surface area contributed by atoms with Crippen molar-refractivity contribution in [2.45, 2.75) is 32.7 Å². The van der Waals surface area contributed by atoms with Crippen molar-refractivity contribution in [1.82, 2.24) is 19.1 Å². The van der Waals surface area contributed by atoms with Crippen molar-refractivity contribution in [2.75, 3.05) is 23.7 Å². The number of nitrogens with zero attached hydrogens (tertiary/aromatic N) is 5. The molecule has 1 fully saturated rings. The molecule has 0 aromatic carbocycles. The van der Waals surface area contributed by atoms with Gasteiger partial charge in [0, 0.05) is 20.1 Å². The zero-order valence-corrected chi connectivity index (χ0v) is 13.0. The van der Waals surface area contributed by atoms with E-state index in [-0.39, 0.29) is 11.5 Å². The van der Waals surface area contributed by atoms with Crippen LogP contribution in [0.25, 0.3) is 11.2 Å². The topological polar surface area (TPSA) is 82.0 Å². The van der Waals surface area contributed by atoms with Crippen LogP contribution in [0.2, 0.25) is 0 Å². The molecule has 0 unspecified atom stereocenters. The third-order valence-electron chi connectivity index (χ3n) is 4.05. The first-order valence-electron chi connectivity index (χ1n) is 7.50. The summed E-state index contributed by atoms with van der Waals surface area (Å²) in [5.74, 6) is 6.84. The zero-order chi connectivity index (χ0) is 15.7. The van der Waals surface area contributed by atoms with Crippen molar-refractivity contribution < 1.29 is 0 Å². The van der Waals surface area contributed by atoms with Gasteiger partial charge in [-0.15, -0.1) is 5.92 Å². The van der Waals surface area contributed by atoms with Gasteiger partial charge >= 0.3 is 0 Å². The van der Waals surface area contributed by atoms with E-state index >= 15 is 0 Å². The van der Waals surface area contributed by atoms with Crippen LogP contribution in [0.5, 0.6) is 0 Å². The van der Waals surface area contributed by atoms with Crippen molar-refractivity contribution in [3.63, 3.8) is 0 Å². The molecule has 22 heavy (non-hydrogen) atoms. The van der Waals surface area contributed by atoms with Crippen molar-refractivity contribution >= 4 is 23.1 Å². The minimum Gasteiger partial charge on any atom is -0.369 e. The first-order valence-corrected chi connectivity index (χ1v) is 7.50. The molecule has 1 aliphatic rings. The van der Waals surface area contributed by atoms with Gasteiger partial charge in [0.1, 0.15) is 0 Å². The smallest absolute Gasteiger partial charge is 0.281 e. The van der Waals surface area contributed by atoms with E-state index in [9.17, 15) is 4.79 Å². The molecule has 0 bridgehead atoms. The van der Waals surface area contributed by atoms with Gasteiger partial charge in [0.15, 0.2) is 11.2 Å². The van der Waals surface area contributed by atoms with E-state index in [2.05, 4.69) is 26.7 Å². The summed E-state index contributed by atoms with van der Waals surface area (Å²) < 4.78 is 3.21. The average molecular weight is 300 g/mol. The molecule has 2 N–H and O–H groups in total. The summed E-state index contributed by atoms with van der Waals surface area (Å²) in [6.45, 7) is 4.10. The number of aromatic nitrogens is 4. The highest BCUT2D eigenvalue weighted by Gasteiger charge is 2.22. The molecule has 2 aromatic heterocycles. The lowest BCUT2D eigenvalue weighted by Gasteiger charge is -2.27. The third-order valence-corrected chi connectivity index (χ3v) is 4.05. The quantitative estimate of drug-likeness (QED) is 0.827. The van der Waals surface area contributed by atoms with Gasteiger partial charge in [0.2, 0.25) is 11.9 Å². The maximum Gasteiger partial charge on any atom is 0.281 e. The number of nitrogen functional groups attached to an aromatic ring is 1. The molecule has 1 saturated heterocycles. The molecule has 7 nitrogen and oxygen atoms in total. The Morgan fingerprint density at radius 3 is 2.64 bits per heavy atom. The van der Waals surface area contributed by atoms with Crippen LogP contribution < -0.4 is 16.2 Å². The lowest BCUT2D eigenvalue weighted by atomic mass is 10.1. The number of imidazole rings is 1. The number of hydrogen-bond donors (Lipinski definition) is 1. The molecule has 3 rings (SSSR count). The van der Waals surface area contributed by atoms with E-state index < -0.39 is 0 Å². The van der Waals surface area contributed by atoms with Crippen LogP contribution in [0.15, 0.2) is 4.79 Å². The van der Waals surface area contributed by atoms with E-state index in [1.807, 2.05) is 4.57 Å². The molecule has 0 saturated carbocycles. The van der Waals surface area contributed by atoms with Gasteiger partial charge in [0.25, 0.3) is 5.56 Å². The summed E-state index contributed by atoms with van der Waals surface area (Å²) >= 11 is 0. The van der Waals surface area contributed by atoms with E-state index in [0.29, 0.717) is 17.7 Å². The van der Waals surface area contributed by atoms with Gasteiger partial charge in [-0.2, -0.15) is 9.97 Å². The van der Waals surface area contributed by atoms with Gasteiger partial charge in [-0.3, -0.25) is 13.9 Å². The second kappa shape index (κ2) is 5.72. The van der Waals surface area contributed by atoms with Crippen LogP contribution in [-0.2, 0) is 13.6 Å². The minimum absolute atomic E-state index is 0.175. The fourth-order valence-electron chi connectivity index (χ4n) is 2.81. The van der Waals surface area contributed by atoms with Gasteiger partial charge < -0.3 is 10.6 Å². The Hall–Kier alpha value is -2.49. The van der Waals surface area contributed by atoms with Crippen LogP contribution in [0.3, 0.4) is 0 Å². The summed E-state index contributed by atoms with van der Waals surface area (Å²) in [5.41, 5.74) is 6.48. The minimum atomic E-state index is -0.184. The van der Waals surface area contributed by atoms with Crippen LogP contribution in [0, 0.1) is 11.8 Å². The highest BCUT2D eigenvalue weighted by molar-refractivity contribution is 5.75. The van der Waals surface area contributed by atoms with E-state index in [0.717, 1.165) is 31.9 Å². The molecule has 0 amide bonds. The molecular formula is C15H20N6O. The van der Waals surface area contributed by atoms with Crippen LogP contribution in [-0.4, -0.2) is 32.2 Å². The largest absolute Gasteiger partial charge is 0.369 e. The summed E-state index contributed by atoms with van der Waals surface area (Å²) in [4.78, 5) is 23.6. The Morgan fingerprint density at radius 1 is 1.23 bits per heavy atom. The van der Waals surface area contributed by atoms with Crippen molar-refractivity contribution in [3.8, 4) is 11.8 Å². The molecule has 116 valence electrons. The lowest BCUT2D eigenvalue weighted by Crippen LogP contribution is -2.32. The molecule has 0 atom stereocenters. The standard InChI is InChI=1S/C15H20N6O/c1-3-4-10-21-11-12(17-14(16)19(2)13(11)22)18-15(21)20-8-6-5-7-9-20/h5-10H2,1-2H3,(H2,16,17). The number of hydrogen-bond acceptors (Lipinski definition) is 5. The van der Waals surface area contributed by atoms with Crippen LogP contribution in [0.1, 0.15) is 26.2 Å². The van der Waals surface area contributed by atoms with Gasteiger partial charge in [-0.05, 0) is 26.2 Å². The Bertz CT molecular complexity index is 816. The number of rotatable bonds is 2. The molecule has 0 spiro atoms. The Kier molecular flexibility index (Phi) is 3.75. The fourth-order valence-corrected chi connectivity index (χ4v) is 2.81. The molecule has 0 aliphatic carbocycles. The maximum atomic E-state index is 12.5. The second-order valence-corrected chi connectivity index (χ2v) is 5.48. The van der Waals surface area contributed by atoms with Crippen molar-refractivity contribution in [1.29, 1.82) is 0 Å². The molecule has 2 aromatic rings. The molecule has 0 radical (unpaired) electrons. The van der Waals surface area contributed by atoms with Gasteiger partial charge in [0.05, 0.1) is 6.54 Å². The van der Waals surface area contributed by atoms with Crippen LogP contribution >= 0.6 is 0 Å². The SMILES string of the molecule is CC#CCn1c(N2CCCCC2)nc2nc(N)n(C)c(=O)c21. The molecule has 3 heterocycles. The summed E-state index contributed by atoms with van der Waals surface area (Å²) in [6.07, 6.45) is 3.50. The summed E-state index contributed by atoms with van der Waals surface area (Å²) in [5, 5.41) is 0. The van der Waals surface area contributed by atoms with E-state index in [4.69, 9.17) is 5.73 Å². The molecule has 7 heteroatoms. The lowest BCUT2D eigenvalue weighted by molar-refractivity contribution is 0.561. The van der Waals surface area contributed by atoms with E-state index in [1.54, 1.807) is 14.0 Å². The van der Waals surface area contributed by atoms with E-state index in [1.165, 1.54) is 11.0 Å². The molecular weight excluding hydrogens is 280 g/mol. The number of nitrogens with two attached hydrogens (primary N) is 1. The Morgan fingerprint density at radius 2 is 1.95 bits per heavy atom. The monoisotopic (exact) mass is 300 g/mol. The predicted molar refractivity (Wildman–Crippen MR) is 86.7 cm³/mol. The summed E-state index contributed by atoms with van der Waals surface area (Å²) in [7, 11) is 1.62. The zero-order valence-electron chi connectivity index (χ0n) is 13.0. The second-order valence-electron chi connectivity index (χ2n) is 5.48. The fraction of sp³-hybridized carbons (Fsp3) is 0.533. The average Bonchev–Trinajstić information content (AvgIpc) is 2.90. The predicted octanol–water partition coefficient (Wildman–Crippen LogP) is 0.726. The van der Waals surface area contributed by atoms with Crippen molar-refractivity contribution in [2.24, 2.45) is 7.05 Å². The highest BCUT2D eigenvalue weighted by atomic mass is 16.1. The highest BCUT2D eigenvalue weighted by Crippen LogP contribution is 2.23. The molecule has 1 aliphatic heterocycles. The van der Waals surface area contributed by atoms with Crippen molar-refractivity contribution in [3.05, 3.63) is 10.4 Å². The normalized spacial score (nSPS) is 14.9. The number of anilines is 2. The van der Waals surface area contributed by atoms with Crippen LogP contribution in [0.4, 0.5) is 11.9 Å².